The van der Waals surface area contributed by atoms with E-state index in [1.54, 1.807) is 25.3 Å². The van der Waals surface area contributed by atoms with E-state index in [0.717, 1.165) is 49.2 Å². The molecule has 0 bridgehead atoms. The van der Waals surface area contributed by atoms with E-state index in [0.29, 0.717) is 23.4 Å². The molecule has 1 aromatic heterocycles. The summed E-state index contributed by atoms with van der Waals surface area (Å²) >= 11 is 0. The number of aromatic nitrogens is 1. The Labute approximate surface area is 193 Å². The molecule has 0 atom stereocenters. The van der Waals surface area contributed by atoms with Crippen LogP contribution in [0.3, 0.4) is 0 Å². The molecule has 1 fully saturated rings. The van der Waals surface area contributed by atoms with Gasteiger partial charge in [0.05, 0.1) is 28.0 Å². The van der Waals surface area contributed by atoms with Gasteiger partial charge in [-0.05, 0) is 68.0 Å². The fourth-order valence-corrected chi connectivity index (χ4v) is 5.60. The Kier molecular flexibility index (Phi) is 6.42. The van der Waals surface area contributed by atoms with E-state index in [2.05, 4.69) is 14.8 Å². The molecule has 3 aromatic rings. The molecule has 174 valence electrons. The highest BCUT2D eigenvalue weighted by molar-refractivity contribution is 7.92. The molecule has 33 heavy (non-hydrogen) atoms. The molecule has 0 amide bonds. The van der Waals surface area contributed by atoms with Crippen molar-refractivity contribution in [2.75, 3.05) is 22.7 Å². The lowest BCUT2D eigenvalue weighted by Crippen LogP contribution is -2.30. The summed E-state index contributed by atoms with van der Waals surface area (Å²) < 4.78 is 34.9. The highest BCUT2D eigenvalue weighted by Crippen LogP contribution is 2.36. The van der Waals surface area contributed by atoms with Crippen molar-refractivity contribution in [2.45, 2.75) is 44.4 Å². The van der Waals surface area contributed by atoms with E-state index in [1.807, 2.05) is 19.1 Å². The van der Waals surface area contributed by atoms with E-state index in [9.17, 15) is 18.3 Å². The van der Waals surface area contributed by atoms with Crippen molar-refractivity contribution in [1.82, 2.24) is 5.16 Å². The monoisotopic (exact) mass is 469 g/mol. The summed E-state index contributed by atoms with van der Waals surface area (Å²) in [6, 6.07) is 9.84. The van der Waals surface area contributed by atoms with E-state index < -0.39 is 16.0 Å². The molecule has 1 aliphatic heterocycles. The summed E-state index contributed by atoms with van der Waals surface area (Å²) in [5, 5.41) is 13.2. The Bertz CT molecular complexity index is 1280. The second-order valence-electron chi connectivity index (χ2n) is 8.16. The molecule has 0 radical (unpaired) electrons. The number of piperidine rings is 1. The highest BCUT2D eigenvalue weighted by atomic mass is 32.2. The number of carbonyl (C=O) groups is 1. The van der Waals surface area contributed by atoms with Gasteiger partial charge in [0.25, 0.3) is 10.0 Å². The number of hydrogen-bond acceptors (Lipinski definition) is 6. The smallest absolute Gasteiger partial charge is 0.335 e. The maximum absolute atomic E-state index is 13.5. The summed E-state index contributed by atoms with van der Waals surface area (Å²) in [5.41, 5.74) is 3.28. The van der Waals surface area contributed by atoms with Gasteiger partial charge in [0.15, 0.2) is 0 Å². The number of anilines is 2. The molecular formula is C24H27N3O5S. The standard InChI is InChI=1S/C24H27N3O5S/c1-3-17-7-8-19(24(28)29)14-23(17)33(30,31)26-21-13-18(20-15-25-32-16(20)2)9-10-22(21)27-11-5-4-6-12-27/h7-10,13-15,26H,3-6,11-12H2,1-2H3,(H,28,29). The van der Waals surface area contributed by atoms with Crippen LogP contribution >= 0.6 is 0 Å². The van der Waals surface area contributed by atoms with Gasteiger partial charge in [-0.1, -0.05) is 24.2 Å². The van der Waals surface area contributed by atoms with Gasteiger partial charge < -0.3 is 14.5 Å². The normalized spacial score (nSPS) is 14.3. The predicted octanol–water partition coefficient (Wildman–Crippen LogP) is 4.70. The SMILES string of the molecule is CCc1ccc(C(=O)O)cc1S(=O)(=O)Nc1cc(-c2cnoc2C)ccc1N1CCCCC1. The summed E-state index contributed by atoms with van der Waals surface area (Å²) in [6.45, 7) is 5.32. The van der Waals surface area contributed by atoms with Gasteiger partial charge in [0.1, 0.15) is 5.76 Å². The molecule has 9 heteroatoms. The molecule has 0 aliphatic carbocycles. The second-order valence-corrected chi connectivity index (χ2v) is 9.81. The van der Waals surface area contributed by atoms with Crippen LogP contribution in [0.2, 0.25) is 0 Å². The van der Waals surface area contributed by atoms with Gasteiger partial charge in [-0.25, -0.2) is 13.2 Å². The number of sulfonamides is 1. The summed E-state index contributed by atoms with van der Waals surface area (Å²) in [6.07, 6.45) is 5.29. The third-order valence-electron chi connectivity index (χ3n) is 5.98. The predicted molar refractivity (Wildman–Crippen MR) is 126 cm³/mol. The van der Waals surface area contributed by atoms with E-state index >= 15 is 0 Å². The number of hydrogen-bond donors (Lipinski definition) is 2. The fourth-order valence-electron chi connectivity index (χ4n) is 4.20. The lowest BCUT2D eigenvalue weighted by molar-refractivity contribution is 0.0696. The first kappa shape index (κ1) is 22.8. The largest absolute Gasteiger partial charge is 0.478 e. The molecule has 8 nitrogen and oxygen atoms in total. The van der Waals surface area contributed by atoms with Gasteiger partial charge >= 0.3 is 5.97 Å². The van der Waals surface area contributed by atoms with Crippen LogP contribution in [-0.2, 0) is 16.4 Å². The molecular weight excluding hydrogens is 442 g/mol. The summed E-state index contributed by atoms with van der Waals surface area (Å²) in [7, 11) is -4.05. The highest BCUT2D eigenvalue weighted by Gasteiger charge is 2.24. The molecule has 4 rings (SSSR count). The Balaban J connectivity index is 1.80. The Morgan fingerprint density at radius 1 is 1.15 bits per heavy atom. The quantitative estimate of drug-likeness (QED) is 0.516. The number of nitrogens with zero attached hydrogens (tertiary/aromatic N) is 2. The second kappa shape index (κ2) is 9.27. The lowest BCUT2D eigenvalue weighted by atomic mass is 10.0. The number of aromatic carboxylic acids is 1. The fraction of sp³-hybridized carbons (Fsp3) is 0.333. The van der Waals surface area contributed by atoms with Gasteiger partial charge in [0, 0.05) is 18.7 Å². The molecule has 0 saturated carbocycles. The van der Waals surface area contributed by atoms with Crippen LogP contribution in [0, 0.1) is 6.92 Å². The molecule has 1 saturated heterocycles. The maximum Gasteiger partial charge on any atom is 0.335 e. The molecule has 0 spiro atoms. The Morgan fingerprint density at radius 3 is 2.55 bits per heavy atom. The van der Waals surface area contributed by atoms with Crippen molar-refractivity contribution < 1.29 is 22.8 Å². The zero-order valence-corrected chi connectivity index (χ0v) is 19.5. The molecule has 0 unspecified atom stereocenters. The minimum atomic E-state index is -4.05. The number of aryl methyl sites for hydroxylation is 2. The van der Waals surface area contributed by atoms with Crippen LogP contribution in [0.25, 0.3) is 11.1 Å². The van der Waals surface area contributed by atoms with Crippen LogP contribution in [0.1, 0.15) is 47.9 Å². The Hall–Kier alpha value is -3.33. The number of benzene rings is 2. The lowest BCUT2D eigenvalue weighted by Gasteiger charge is -2.31. The number of carboxylic acid groups (broad SMARTS) is 1. The zero-order chi connectivity index (χ0) is 23.6. The van der Waals surface area contributed by atoms with Crippen LogP contribution < -0.4 is 9.62 Å². The van der Waals surface area contributed by atoms with Crippen LogP contribution in [0.15, 0.2) is 52.0 Å². The summed E-state index contributed by atoms with van der Waals surface area (Å²) in [4.78, 5) is 13.6. The maximum atomic E-state index is 13.5. The number of nitrogens with one attached hydrogen (secondary N) is 1. The van der Waals surface area contributed by atoms with Gasteiger partial charge in [-0.3, -0.25) is 4.72 Å². The van der Waals surface area contributed by atoms with Gasteiger partial charge in [0.2, 0.25) is 0 Å². The average Bonchev–Trinajstić information content (AvgIpc) is 3.24. The van der Waals surface area contributed by atoms with E-state index in [1.165, 1.54) is 12.1 Å². The van der Waals surface area contributed by atoms with Crippen molar-refractivity contribution >= 4 is 27.4 Å². The molecule has 2 N–H and O–H groups in total. The molecule has 2 heterocycles. The van der Waals surface area contributed by atoms with Crippen LogP contribution in [0.5, 0.6) is 0 Å². The van der Waals surface area contributed by atoms with Crippen molar-refractivity contribution in [3.05, 3.63) is 59.5 Å². The van der Waals surface area contributed by atoms with E-state index in [-0.39, 0.29) is 10.5 Å². The minimum Gasteiger partial charge on any atom is -0.478 e. The first-order valence-electron chi connectivity index (χ1n) is 11.0. The molecule has 1 aliphatic rings. The first-order valence-corrected chi connectivity index (χ1v) is 12.5. The first-order chi connectivity index (χ1) is 15.8. The third kappa shape index (κ3) is 4.73. The van der Waals surface area contributed by atoms with Gasteiger partial charge in [-0.15, -0.1) is 0 Å². The van der Waals surface area contributed by atoms with Crippen molar-refractivity contribution in [3.63, 3.8) is 0 Å². The van der Waals surface area contributed by atoms with Crippen LogP contribution in [0.4, 0.5) is 11.4 Å². The van der Waals surface area contributed by atoms with Crippen molar-refractivity contribution in [2.24, 2.45) is 0 Å². The number of rotatable bonds is 7. The molecule has 2 aromatic carbocycles. The topological polar surface area (TPSA) is 113 Å². The van der Waals surface area contributed by atoms with Gasteiger partial charge in [-0.2, -0.15) is 0 Å². The van der Waals surface area contributed by atoms with Crippen LogP contribution in [-0.4, -0.2) is 37.7 Å². The Morgan fingerprint density at radius 2 is 1.91 bits per heavy atom. The average molecular weight is 470 g/mol. The zero-order valence-electron chi connectivity index (χ0n) is 18.7. The summed E-state index contributed by atoms with van der Waals surface area (Å²) in [5.74, 6) is -0.537. The third-order valence-corrected chi connectivity index (χ3v) is 7.43. The minimum absolute atomic E-state index is 0.0268. The van der Waals surface area contributed by atoms with Crippen molar-refractivity contribution in [3.8, 4) is 11.1 Å². The van der Waals surface area contributed by atoms with Crippen molar-refractivity contribution in [1.29, 1.82) is 0 Å². The number of carboxylic acids is 1. The van der Waals surface area contributed by atoms with E-state index in [4.69, 9.17) is 4.52 Å².